The molecule has 0 amide bonds. The maximum atomic E-state index is 11.6. The Balaban J connectivity index is 3.00. The molecule has 0 aliphatic heterocycles. The average Bonchev–Trinajstić information content (AvgIpc) is 2.01. The summed E-state index contributed by atoms with van der Waals surface area (Å²) in [6.07, 6.45) is 4.86. The van der Waals surface area contributed by atoms with E-state index in [1.165, 1.54) is 0 Å². The molecule has 0 aromatic heterocycles. The topological polar surface area (TPSA) is 0 Å². The second-order valence-electron chi connectivity index (χ2n) is 2.75. The molecular weight excluding hydrogens is 265 g/mol. The van der Waals surface area contributed by atoms with Gasteiger partial charge in [-0.1, -0.05) is 47.0 Å². The Morgan fingerprint density at radius 1 is 0.923 bits per heavy atom. The van der Waals surface area contributed by atoms with Crippen molar-refractivity contribution in [3.05, 3.63) is 0 Å². The molecule has 0 saturated carbocycles. The van der Waals surface area contributed by atoms with Crippen molar-refractivity contribution in [2.75, 3.05) is 11.1 Å². The highest BCUT2D eigenvalue weighted by molar-refractivity contribution is 9.09. The lowest BCUT2D eigenvalue weighted by Gasteiger charge is -2.04. The summed E-state index contributed by atoms with van der Waals surface area (Å²) >= 11 is 3.39. The summed E-state index contributed by atoms with van der Waals surface area (Å²) in [5.74, 6) is 0.206. The maximum absolute atomic E-state index is 11.6. The molecule has 0 atom stereocenters. The molecule has 0 saturated heterocycles. The van der Waals surface area contributed by atoms with Crippen molar-refractivity contribution in [3.8, 4) is 0 Å². The molecule has 0 aliphatic carbocycles. The summed E-state index contributed by atoms with van der Waals surface area (Å²) in [4.78, 5) is 0. The molecule has 0 rings (SSSR count). The summed E-state index contributed by atoms with van der Waals surface area (Å²) in [5, 5.41) is 0.990. The Labute approximate surface area is 89.8 Å². The van der Waals surface area contributed by atoms with E-state index in [9.17, 15) is 13.2 Å². The molecule has 0 aliphatic rings. The first kappa shape index (κ1) is 13.6. The Morgan fingerprint density at radius 3 is 2.00 bits per heavy atom. The highest BCUT2D eigenvalue weighted by atomic mass is 79.9. The fourth-order valence-corrected chi connectivity index (χ4v) is 1.89. The number of unbranched alkanes of at least 4 members (excludes halogenated alkanes) is 4. The van der Waals surface area contributed by atoms with Crippen LogP contribution in [0.25, 0.3) is 0 Å². The molecule has 0 fully saturated rings. The highest BCUT2D eigenvalue weighted by Crippen LogP contribution is 2.30. The third-order valence-electron chi connectivity index (χ3n) is 1.54. The van der Waals surface area contributed by atoms with Crippen LogP contribution >= 0.6 is 27.7 Å². The Kier molecular flexibility index (Phi) is 8.35. The quantitative estimate of drug-likeness (QED) is 0.485. The van der Waals surface area contributed by atoms with E-state index in [1.54, 1.807) is 0 Å². The first-order valence-electron chi connectivity index (χ1n) is 4.33. The van der Waals surface area contributed by atoms with Crippen LogP contribution in [-0.4, -0.2) is 16.6 Å². The lowest BCUT2D eigenvalue weighted by atomic mass is 10.2. The summed E-state index contributed by atoms with van der Waals surface area (Å²) in [6, 6.07) is 0. The van der Waals surface area contributed by atoms with Gasteiger partial charge >= 0.3 is 5.51 Å². The lowest BCUT2D eigenvalue weighted by Crippen LogP contribution is -2.01. The van der Waals surface area contributed by atoms with Crippen LogP contribution in [0.5, 0.6) is 0 Å². The van der Waals surface area contributed by atoms with E-state index in [4.69, 9.17) is 0 Å². The van der Waals surface area contributed by atoms with Crippen molar-refractivity contribution in [2.24, 2.45) is 0 Å². The fraction of sp³-hybridized carbons (Fsp3) is 1.00. The van der Waals surface area contributed by atoms with Gasteiger partial charge in [0, 0.05) is 11.1 Å². The first-order chi connectivity index (χ1) is 6.06. The smallest absolute Gasteiger partial charge is 0.160 e. The van der Waals surface area contributed by atoms with Crippen molar-refractivity contribution in [1.29, 1.82) is 0 Å². The molecule has 0 heterocycles. The zero-order valence-corrected chi connectivity index (χ0v) is 9.77. The molecular formula is C8H14BrF3S. The van der Waals surface area contributed by atoms with Crippen molar-refractivity contribution < 1.29 is 13.2 Å². The monoisotopic (exact) mass is 278 g/mol. The van der Waals surface area contributed by atoms with Gasteiger partial charge in [0.1, 0.15) is 0 Å². The molecule has 13 heavy (non-hydrogen) atoms. The van der Waals surface area contributed by atoms with Crippen molar-refractivity contribution in [2.45, 2.75) is 37.6 Å². The number of rotatable bonds is 7. The normalized spacial score (nSPS) is 12.0. The Bertz CT molecular complexity index is 116. The predicted octanol–water partition coefficient (Wildman–Crippen LogP) is 4.58. The molecule has 0 aromatic rings. The second kappa shape index (κ2) is 7.97. The number of hydrogen-bond acceptors (Lipinski definition) is 1. The minimum absolute atomic E-state index is 0.0881. The highest BCUT2D eigenvalue weighted by Gasteiger charge is 2.27. The SMILES string of the molecule is FC(F)(F)SCCCCCCCBr. The molecule has 0 N–H and O–H groups in total. The summed E-state index contributed by atoms with van der Waals surface area (Å²) in [5.41, 5.74) is -4.05. The number of hydrogen-bond donors (Lipinski definition) is 0. The van der Waals surface area contributed by atoms with Crippen LogP contribution in [-0.2, 0) is 0 Å². The van der Waals surface area contributed by atoms with Gasteiger partial charge in [-0.2, -0.15) is 13.2 Å². The lowest BCUT2D eigenvalue weighted by molar-refractivity contribution is -0.0328. The molecule has 5 heteroatoms. The Hall–Kier alpha value is 0.620. The van der Waals surface area contributed by atoms with E-state index in [1.807, 2.05) is 0 Å². The van der Waals surface area contributed by atoms with Crippen LogP contribution in [0.2, 0.25) is 0 Å². The minimum Gasteiger partial charge on any atom is -0.160 e. The molecule has 0 aromatic carbocycles. The van der Waals surface area contributed by atoms with Gasteiger partial charge in [0.2, 0.25) is 0 Å². The van der Waals surface area contributed by atoms with Crippen molar-refractivity contribution in [3.63, 3.8) is 0 Å². The molecule has 0 unspecified atom stereocenters. The second-order valence-corrected chi connectivity index (χ2v) is 4.70. The number of halogens is 4. The molecule has 0 bridgehead atoms. The van der Waals surface area contributed by atoms with Crippen LogP contribution in [0.1, 0.15) is 32.1 Å². The maximum Gasteiger partial charge on any atom is 0.441 e. The van der Waals surface area contributed by atoms with Gasteiger partial charge in [0.25, 0.3) is 0 Å². The van der Waals surface area contributed by atoms with Crippen LogP contribution in [0, 0.1) is 0 Å². The zero-order valence-electron chi connectivity index (χ0n) is 7.37. The summed E-state index contributed by atoms with van der Waals surface area (Å²) < 4.78 is 34.9. The molecule has 0 spiro atoms. The molecule has 0 nitrogen and oxygen atoms in total. The van der Waals surface area contributed by atoms with Gasteiger partial charge in [0.15, 0.2) is 0 Å². The van der Waals surface area contributed by atoms with Gasteiger partial charge in [-0.25, -0.2) is 0 Å². The number of thioether (sulfide) groups is 1. The third-order valence-corrected chi connectivity index (χ3v) is 2.92. The van der Waals surface area contributed by atoms with E-state index >= 15 is 0 Å². The zero-order chi connectivity index (χ0) is 10.2. The van der Waals surface area contributed by atoms with Gasteiger partial charge in [-0.15, -0.1) is 0 Å². The minimum atomic E-state index is -4.05. The van der Waals surface area contributed by atoms with Crippen LogP contribution in [0.3, 0.4) is 0 Å². The first-order valence-corrected chi connectivity index (χ1v) is 6.43. The largest absolute Gasteiger partial charge is 0.441 e. The van der Waals surface area contributed by atoms with Crippen LogP contribution < -0.4 is 0 Å². The predicted molar refractivity (Wildman–Crippen MR) is 55.4 cm³/mol. The van der Waals surface area contributed by atoms with Gasteiger partial charge in [0.05, 0.1) is 0 Å². The van der Waals surface area contributed by atoms with Crippen LogP contribution in [0.15, 0.2) is 0 Å². The summed E-state index contributed by atoms with van der Waals surface area (Å²) in [6.45, 7) is 0. The Morgan fingerprint density at radius 2 is 1.46 bits per heavy atom. The summed E-state index contributed by atoms with van der Waals surface area (Å²) in [7, 11) is 0. The van der Waals surface area contributed by atoms with E-state index in [2.05, 4.69) is 15.9 Å². The van der Waals surface area contributed by atoms with E-state index < -0.39 is 5.51 Å². The number of alkyl halides is 4. The van der Waals surface area contributed by atoms with Crippen molar-refractivity contribution in [1.82, 2.24) is 0 Å². The third kappa shape index (κ3) is 12.6. The van der Waals surface area contributed by atoms with Gasteiger partial charge in [-0.3, -0.25) is 0 Å². The van der Waals surface area contributed by atoms with Gasteiger partial charge < -0.3 is 0 Å². The fourth-order valence-electron chi connectivity index (χ4n) is 0.915. The standard InChI is InChI=1S/C8H14BrF3S/c9-6-4-2-1-3-5-7-13-8(10,11)12/h1-7H2. The van der Waals surface area contributed by atoms with E-state index in [-0.39, 0.29) is 17.5 Å². The van der Waals surface area contributed by atoms with Crippen LogP contribution in [0.4, 0.5) is 13.2 Å². The molecule has 80 valence electrons. The average molecular weight is 279 g/mol. The van der Waals surface area contributed by atoms with E-state index in [0.717, 1.165) is 31.0 Å². The molecule has 0 radical (unpaired) electrons. The van der Waals surface area contributed by atoms with Gasteiger partial charge in [-0.05, 0) is 12.8 Å². The van der Waals surface area contributed by atoms with E-state index in [0.29, 0.717) is 6.42 Å². The van der Waals surface area contributed by atoms with Crippen molar-refractivity contribution >= 4 is 27.7 Å².